The molecule has 1 amide bonds. The summed E-state index contributed by atoms with van der Waals surface area (Å²) in [6, 6.07) is 0. The van der Waals surface area contributed by atoms with E-state index in [0.717, 1.165) is 13.1 Å². The molecule has 0 atom stereocenters. The molecule has 0 saturated carbocycles. The molecule has 0 rings (SSSR count). The van der Waals surface area contributed by atoms with E-state index in [1.54, 1.807) is 0 Å². The lowest BCUT2D eigenvalue weighted by atomic mass is 10.1. The number of hydrogen-bond donors (Lipinski definition) is 2. The van der Waals surface area contributed by atoms with Gasteiger partial charge < -0.3 is 15.4 Å². The first-order valence-corrected chi connectivity index (χ1v) is 7.88. The molecular weight excluding hydrogens is 252 g/mol. The van der Waals surface area contributed by atoms with Crippen LogP contribution in [-0.4, -0.2) is 30.3 Å². The number of hydrogen-bond acceptors (Lipinski definition) is 3. The lowest BCUT2D eigenvalue weighted by Gasteiger charge is -2.29. The van der Waals surface area contributed by atoms with E-state index in [1.807, 2.05) is 34.6 Å². The van der Waals surface area contributed by atoms with Crippen LogP contribution in [0, 0.1) is 0 Å². The molecule has 4 heteroatoms. The number of rotatable bonds is 9. The van der Waals surface area contributed by atoms with Crippen molar-refractivity contribution in [2.75, 3.05) is 13.1 Å². The lowest BCUT2D eigenvalue weighted by Crippen LogP contribution is -2.51. The molecule has 4 nitrogen and oxygen atoms in total. The monoisotopic (exact) mass is 286 g/mol. The summed E-state index contributed by atoms with van der Waals surface area (Å²) in [6.45, 7) is 13.6. The molecule has 0 aromatic carbocycles. The average Bonchev–Trinajstić information content (AvgIpc) is 2.24. The topological polar surface area (TPSA) is 50.4 Å². The molecule has 0 fully saturated rings. The van der Waals surface area contributed by atoms with E-state index >= 15 is 0 Å². The van der Waals surface area contributed by atoms with Gasteiger partial charge in [0.15, 0.2) is 0 Å². The first-order valence-electron chi connectivity index (χ1n) is 7.88. The van der Waals surface area contributed by atoms with Gasteiger partial charge in [-0.1, -0.05) is 32.6 Å². The molecule has 0 aromatic heterocycles. The Morgan fingerprint density at radius 2 is 1.60 bits per heavy atom. The summed E-state index contributed by atoms with van der Waals surface area (Å²) in [5, 5.41) is 6.30. The molecule has 0 aliphatic rings. The van der Waals surface area contributed by atoms with Crippen molar-refractivity contribution < 1.29 is 9.53 Å². The second-order valence-corrected chi connectivity index (χ2v) is 7.10. The van der Waals surface area contributed by atoms with E-state index in [1.165, 1.54) is 32.1 Å². The van der Waals surface area contributed by atoms with E-state index in [2.05, 4.69) is 17.6 Å². The van der Waals surface area contributed by atoms with Crippen molar-refractivity contribution in [3.8, 4) is 0 Å². The van der Waals surface area contributed by atoms with Crippen LogP contribution in [0.2, 0.25) is 0 Å². The summed E-state index contributed by atoms with van der Waals surface area (Å²) < 4.78 is 5.27. The van der Waals surface area contributed by atoms with E-state index in [-0.39, 0.29) is 11.6 Å². The van der Waals surface area contributed by atoms with E-state index < -0.39 is 5.60 Å². The average molecular weight is 286 g/mol. The minimum absolute atomic E-state index is 0.300. The third kappa shape index (κ3) is 12.3. The maximum atomic E-state index is 11.7. The zero-order valence-corrected chi connectivity index (χ0v) is 14.3. The molecular formula is C16H34N2O2. The van der Waals surface area contributed by atoms with E-state index in [9.17, 15) is 4.79 Å². The summed E-state index contributed by atoms with van der Waals surface area (Å²) in [7, 11) is 0. The molecule has 0 aliphatic carbocycles. The molecule has 120 valence electrons. The Labute approximate surface area is 125 Å². The second-order valence-electron chi connectivity index (χ2n) is 7.10. The van der Waals surface area contributed by atoms with Crippen LogP contribution in [0.1, 0.15) is 73.6 Å². The molecule has 0 aromatic rings. The van der Waals surface area contributed by atoms with Gasteiger partial charge in [0.1, 0.15) is 5.60 Å². The van der Waals surface area contributed by atoms with Crippen LogP contribution in [-0.2, 0) is 4.74 Å². The van der Waals surface area contributed by atoms with Gasteiger partial charge in [0.25, 0.3) is 0 Å². The van der Waals surface area contributed by atoms with Gasteiger partial charge in [0.05, 0.1) is 5.54 Å². The Hall–Kier alpha value is -0.770. The zero-order valence-electron chi connectivity index (χ0n) is 14.3. The SMILES string of the molecule is CCCCCCCNCC(C)(C)NC(=O)OC(C)(C)C. The Morgan fingerprint density at radius 1 is 1.00 bits per heavy atom. The maximum absolute atomic E-state index is 11.7. The molecule has 0 aliphatic heterocycles. The largest absolute Gasteiger partial charge is 0.444 e. The number of nitrogens with one attached hydrogen (secondary N) is 2. The van der Waals surface area contributed by atoms with E-state index in [4.69, 9.17) is 4.74 Å². The zero-order chi connectivity index (χ0) is 15.6. The Kier molecular flexibility index (Phi) is 8.86. The van der Waals surface area contributed by atoms with Crippen molar-refractivity contribution in [1.29, 1.82) is 0 Å². The standard InChI is InChI=1S/C16H34N2O2/c1-7-8-9-10-11-12-17-13-16(5,6)18-14(19)20-15(2,3)4/h17H,7-13H2,1-6H3,(H,18,19). The van der Waals surface area contributed by atoms with Gasteiger partial charge in [-0.3, -0.25) is 0 Å². The van der Waals surface area contributed by atoms with Gasteiger partial charge >= 0.3 is 6.09 Å². The van der Waals surface area contributed by atoms with Gasteiger partial charge in [0.2, 0.25) is 0 Å². The summed E-state index contributed by atoms with van der Waals surface area (Å²) >= 11 is 0. The quantitative estimate of drug-likeness (QED) is 0.633. The Morgan fingerprint density at radius 3 is 2.15 bits per heavy atom. The number of unbranched alkanes of at least 4 members (excludes halogenated alkanes) is 4. The molecule has 0 unspecified atom stereocenters. The fourth-order valence-corrected chi connectivity index (χ4v) is 1.88. The first kappa shape index (κ1) is 19.2. The lowest BCUT2D eigenvalue weighted by molar-refractivity contribution is 0.0472. The van der Waals surface area contributed by atoms with Crippen molar-refractivity contribution in [3.63, 3.8) is 0 Å². The fourth-order valence-electron chi connectivity index (χ4n) is 1.88. The third-order valence-corrected chi connectivity index (χ3v) is 2.86. The maximum Gasteiger partial charge on any atom is 0.408 e. The molecule has 0 bridgehead atoms. The van der Waals surface area contributed by atoms with Crippen LogP contribution in [0.5, 0.6) is 0 Å². The summed E-state index contributed by atoms with van der Waals surface area (Å²) in [4.78, 5) is 11.7. The van der Waals surface area contributed by atoms with Crippen molar-refractivity contribution in [2.45, 2.75) is 84.8 Å². The van der Waals surface area contributed by atoms with Crippen molar-refractivity contribution in [2.24, 2.45) is 0 Å². The summed E-state index contributed by atoms with van der Waals surface area (Å²) in [6.07, 6.45) is 6.04. The highest BCUT2D eigenvalue weighted by Crippen LogP contribution is 2.09. The number of carbonyl (C=O) groups excluding carboxylic acids is 1. The predicted molar refractivity (Wildman–Crippen MR) is 85.1 cm³/mol. The normalized spacial score (nSPS) is 12.3. The first-order chi connectivity index (χ1) is 9.16. The molecule has 2 N–H and O–H groups in total. The molecule has 0 spiro atoms. The minimum Gasteiger partial charge on any atom is -0.444 e. The summed E-state index contributed by atoms with van der Waals surface area (Å²) in [5.74, 6) is 0. The Bertz CT molecular complexity index is 270. The highest BCUT2D eigenvalue weighted by molar-refractivity contribution is 5.68. The van der Waals surface area contributed by atoms with Gasteiger partial charge in [-0.15, -0.1) is 0 Å². The predicted octanol–water partition coefficient (Wildman–Crippen LogP) is 3.85. The number of ether oxygens (including phenoxy) is 1. The number of amides is 1. The molecule has 0 saturated heterocycles. The smallest absolute Gasteiger partial charge is 0.408 e. The van der Waals surface area contributed by atoms with Crippen LogP contribution in [0.15, 0.2) is 0 Å². The minimum atomic E-state index is -0.452. The van der Waals surface area contributed by atoms with Crippen molar-refractivity contribution in [1.82, 2.24) is 10.6 Å². The van der Waals surface area contributed by atoms with Gasteiger partial charge in [-0.25, -0.2) is 4.79 Å². The fraction of sp³-hybridized carbons (Fsp3) is 0.938. The van der Waals surface area contributed by atoms with Crippen LogP contribution < -0.4 is 10.6 Å². The van der Waals surface area contributed by atoms with Gasteiger partial charge in [-0.05, 0) is 47.6 Å². The molecule has 0 radical (unpaired) electrons. The summed E-state index contributed by atoms with van der Waals surface area (Å²) in [5.41, 5.74) is -0.751. The van der Waals surface area contributed by atoms with E-state index in [0.29, 0.717) is 0 Å². The molecule has 0 heterocycles. The highest BCUT2D eigenvalue weighted by atomic mass is 16.6. The highest BCUT2D eigenvalue weighted by Gasteiger charge is 2.23. The third-order valence-electron chi connectivity index (χ3n) is 2.86. The van der Waals surface area contributed by atoms with Gasteiger partial charge in [-0.2, -0.15) is 0 Å². The van der Waals surface area contributed by atoms with Crippen LogP contribution in [0.25, 0.3) is 0 Å². The molecule has 20 heavy (non-hydrogen) atoms. The number of carbonyl (C=O) groups is 1. The van der Waals surface area contributed by atoms with Crippen molar-refractivity contribution in [3.05, 3.63) is 0 Å². The van der Waals surface area contributed by atoms with Crippen LogP contribution in [0.3, 0.4) is 0 Å². The second kappa shape index (κ2) is 9.22. The van der Waals surface area contributed by atoms with Crippen LogP contribution in [0.4, 0.5) is 4.79 Å². The van der Waals surface area contributed by atoms with Gasteiger partial charge in [0, 0.05) is 6.54 Å². The van der Waals surface area contributed by atoms with Crippen LogP contribution >= 0.6 is 0 Å². The number of alkyl carbamates (subject to hydrolysis) is 1. The van der Waals surface area contributed by atoms with Crippen molar-refractivity contribution >= 4 is 6.09 Å². The Balaban J connectivity index is 3.76.